The lowest BCUT2D eigenvalue weighted by atomic mass is 10.1. The number of aryl methyl sites for hydroxylation is 1. The summed E-state index contributed by atoms with van der Waals surface area (Å²) in [7, 11) is 1.61. The lowest BCUT2D eigenvalue weighted by Gasteiger charge is -2.09. The minimum absolute atomic E-state index is 0.176. The average molecular weight is 410 g/mol. The number of hydrazine groups is 1. The molecule has 3 rings (SSSR count). The van der Waals surface area contributed by atoms with E-state index in [-0.39, 0.29) is 17.9 Å². The van der Waals surface area contributed by atoms with Crippen LogP contribution in [0.1, 0.15) is 33.7 Å². The van der Waals surface area contributed by atoms with Crippen LogP contribution >= 0.6 is 0 Å². The number of methoxy groups -OCH3 is 1. The van der Waals surface area contributed by atoms with Gasteiger partial charge in [-0.1, -0.05) is 6.07 Å². The summed E-state index contributed by atoms with van der Waals surface area (Å²) in [4.78, 5) is 24.1. The first-order valence-electron chi connectivity index (χ1n) is 9.43. The van der Waals surface area contributed by atoms with Crippen molar-refractivity contribution in [1.82, 2.24) is 20.6 Å². The third-order valence-electron chi connectivity index (χ3n) is 4.76. The fourth-order valence-electron chi connectivity index (χ4n) is 3.13. The monoisotopic (exact) mass is 410 g/mol. The molecule has 0 fully saturated rings. The van der Waals surface area contributed by atoms with Crippen LogP contribution in [-0.4, -0.2) is 28.7 Å². The number of nitrogens with zero attached hydrogens (tertiary/aromatic N) is 2. The number of hydrogen-bond donors (Lipinski definition) is 2. The Morgan fingerprint density at radius 1 is 1.10 bits per heavy atom. The molecule has 30 heavy (non-hydrogen) atoms. The molecule has 7 nitrogen and oxygen atoms in total. The molecule has 8 heteroatoms. The molecular formula is C22H23FN4O3. The molecule has 1 heterocycles. The van der Waals surface area contributed by atoms with Crippen molar-refractivity contribution in [2.24, 2.45) is 0 Å². The Morgan fingerprint density at radius 2 is 1.83 bits per heavy atom. The third kappa shape index (κ3) is 4.83. The summed E-state index contributed by atoms with van der Waals surface area (Å²) in [5.74, 6) is -0.548. The lowest BCUT2D eigenvalue weighted by Crippen LogP contribution is -2.41. The van der Waals surface area contributed by atoms with Crippen LogP contribution < -0.4 is 15.6 Å². The first-order chi connectivity index (χ1) is 14.4. The van der Waals surface area contributed by atoms with Crippen LogP contribution in [0.3, 0.4) is 0 Å². The minimum Gasteiger partial charge on any atom is -0.497 e. The Kier molecular flexibility index (Phi) is 6.46. The highest BCUT2D eigenvalue weighted by molar-refractivity contribution is 5.95. The van der Waals surface area contributed by atoms with Crippen molar-refractivity contribution in [3.63, 3.8) is 0 Å². The van der Waals surface area contributed by atoms with E-state index in [1.54, 1.807) is 7.11 Å². The van der Waals surface area contributed by atoms with Crippen LogP contribution in [0.15, 0.2) is 48.5 Å². The van der Waals surface area contributed by atoms with Gasteiger partial charge in [0.25, 0.3) is 5.91 Å². The number of amides is 2. The molecule has 3 aromatic rings. The third-order valence-corrected chi connectivity index (χ3v) is 4.76. The van der Waals surface area contributed by atoms with E-state index in [1.807, 2.05) is 42.8 Å². The molecule has 0 radical (unpaired) electrons. The molecule has 0 aliphatic heterocycles. The van der Waals surface area contributed by atoms with Gasteiger partial charge in [0.1, 0.15) is 11.6 Å². The molecule has 0 saturated heterocycles. The minimum atomic E-state index is -0.512. The number of nitrogens with one attached hydrogen (secondary N) is 2. The zero-order valence-electron chi connectivity index (χ0n) is 17.0. The lowest BCUT2D eigenvalue weighted by molar-refractivity contribution is -0.121. The van der Waals surface area contributed by atoms with E-state index in [4.69, 9.17) is 4.74 Å². The Bertz CT molecular complexity index is 1060. The van der Waals surface area contributed by atoms with E-state index in [1.165, 1.54) is 24.3 Å². The second-order valence-corrected chi connectivity index (χ2v) is 6.77. The standard InChI is InChI=1S/C22H23FN4O3/c1-14-20(15(2)27(26-14)18-5-4-6-19(13-18)30-3)11-12-21(28)24-25-22(29)16-7-9-17(23)10-8-16/h4-10,13H,11-12H2,1-3H3,(H,24,28)(H,25,29). The van der Waals surface area contributed by atoms with Gasteiger partial charge in [-0.25, -0.2) is 9.07 Å². The van der Waals surface area contributed by atoms with Crippen molar-refractivity contribution in [2.45, 2.75) is 26.7 Å². The molecule has 2 aromatic carbocycles. The largest absolute Gasteiger partial charge is 0.497 e. The maximum Gasteiger partial charge on any atom is 0.269 e. The summed E-state index contributed by atoms with van der Waals surface area (Å²) < 4.78 is 20.0. The molecule has 0 aliphatic carbocycles. The summed E-state index contributed by atoms with van der Waals surface area (Å²) >= 11 is 0. The van der Waals surface area contributed by atoms with Crippen molar-refractivity contribution in [3.8, 4) is 11.4 Å². The number of carbonyl (C=O) groups excluding carboxylic acids is 2. The van der Waals surface area contributed by atoms with Gasteiger partial charge in [-0.15, -0.1) is 0 Å². The van der Waals surface area contributed by atoms with Gasteiger partial charge in [-0.05, 0) is 62.2 Å². The molecular weight excluding hydrogens is 387 g/mol. The maximum atomic E-state index is 12.9. The van der Waals surface area contributed by atoms with Gasteiger partial charge < -0.3 is 4.74 Å². The van der Waals surface area contributed by atoms with Crippen LogP contribution in [0.4, 0.5) is 4.39 Å². The second-order valence-electron chi connectivity index (χ2n) is 6.77. The van der Waals surface area contributed by atoms with Crippen LogP contribution in [0.5, 0.6) is 5.75 Å². The molecule has 0 bridgehead atoms. The van der Waals surface area contributed by atoms with E-state index < -0.39 is 11.7 Å². The highest BCUT2D eigenvalue weighted by atomic mass is 19.1. The normalized spacial score (nSPS) is 10.5. The molecule has 0 unspecified atom stereocenters. The zero-order valence-corrected chi connectivity index (χ0v) is 17.0. The average Bonchev–Trinajstić information content (AvgIpc) is 3.04. The van der Waals surface area contributed by atoms with Crippen molar-refractivity contribution < 1.29 is 18.7 Å². The first-order valence-corrected chi connectivity index (χ1v) is 9.43. The Labute approximate surface area is 173 Å². The van der Waals surface area contributed by atoms with Gasteiger partial charge >= 0.3 is 0 Å². The summed E-state index contributed by atoms with van der Waals surface area (Å²) in [5, 5.41) is 4.58. The zero-order chi connectivity index (χ0) is 21.7. The highest BCUT2D eigenvalue weighted by Crippen LogP contribution is 2.22. The van der Waals surface area contributed by atoms with Gasteiger partial charge in [0.2, 0.25) is 5.91 Å². The molecule has 2 N–H and O–H groups in total. The molecule has 0 spiro atoms. The van der Waals surface area contributed by atoms with Gasteiger partial charge in [0.05, 0.1) is 18.5 Å². The maximum absolute atomic E-state index is 12.9. The van der Waals surface area contributed by atoms with Crippen LogP contribution in [0, 0.1) is 19.7 Å². The number of aromatic nitrogens is 2. The van der Waals surface area contributed by atoms with E-state index in [2.05, 4.69) is 16.0 Å². The Morgan fingerprint density at radius 3 is 2.53 bits per heavy atom. The topological polar surface area (TPSA) is 85.2 Å². The number of hydrogen-bond acceptors (Lipinski definition) is 4. The fraction of sp³-hybridized carbons (Fsp3) is 0.227. The van der Waals surface area contributed by atoms with Crippen molar-refractivity contribution in [1.29, 1.82) is 0 Å². The Hall–Kier alpha value is -3.68. The van der Waals surface area contributed by atoms with E-state index in [0.717, 1.165) is 28.4 Å². The van der Waals surface area contributed by atoms with E-state index >= 15 is 0 Å². The van der Waals surface area contributed by atoms with Crippen LogP contribution in [0.2, 0.25) is 0 Å². The molecule has 2 amide bonds. The van der Waals surface area contributed by atoms with Gasteiger partial charge in [-0.3, -0.25) is 20.4 Å². The predicted octanol–water partition coefficient (Wildman–Crippen LogP) is 3.03. The number of ether oxygens (including phenoxy) is 1. The molecule has 156 valence electrons. The van der Waals surface area contributed by atoms with E-state index in [0.29, 0.717) is 6.42 Å². The second kappa shape index (κ2) is 9.21. The number of halogens is 1. The number of rotatable bonds is 6. The van der Waals surface area contributed by atoms with Crippen LogP contribution in [-0.2, 0) is 11.2 Å². The SMILES string of the molecule is COc1cccc(-n2nc(C)c(CCC(=O)NNC(=O)c3ccc(F)cc3)c2C)c1. The molecule has 0 atom stereocenters. The number of benzene rings is 2. The summed E-state index contributed by atoms with van der Waals surface area (Å²) in [6, 6.07) is 12.6. The van der Waals surface area contributed by atoms with Crippen molar-refractivity contribution in [2.75, 3.05) is 7.11 Å². The molecule has 0 saturated carbocycles. The summed E-state index contributed by atoms with van der Waals surface area (Å²) in [5.41, 5.74) is 8.58. The van der Waals surface area contributed by atoms with Gasteiger partial charge in [0, 0.05) is 23.7 Å². The van der Waals surface area contributed by atoms with Gasteiger partial charge in [0.15, 0.2) is 0 Å². The quantitative estimate of drug-likeness (QED) is 0.612. The summed E-state index contributed by atoms with van der Waals surface area (Å²) in [6.07, 6.45) is 0.648. The smallest absolute Gasteiger partial charge is 0.269 e. The van der Waals surface area contributed by atoms with Crippen molar-refractivity contribution >= 4 is 11.8 Å². The van der Waals surface area contributed by atoms with E-state index in [9.17, 15) is 14.0 Å². The van der Waals surface area contributed by atoms with Gasteiger partial charge in [-0.2, -0.15) is 5.10 Å². The van der Waals surface area contributed by atoms with Crippen molar-refractivity contribution in [3.05, 3.63) is 76.9 Å². The Balaban J connectivity index is 1.60. The first kappa shape index (κ1) is 21.0. The molecule has 0 aliphatic rings. The number of carbonyl (C=O) groups is 2. The van der Waals surface area contributed by atoms with Crippen LogP contribution in [0.25, 0.3) is 5.69 Å². The summed E-state index contributed by atoms with van der Waals surface area (Å²) in [6.45, 7) is 3.84. The highest BCUT2D eigenvalue weighted by Gasteiger charge is 2.15. The predicted molar refractivity (Wildman–Crippen MR) is 110 cm³/mol. The fourth-order valence-corrected chi connectivity index (χ4v) is 3.13. The molecule has 1 aromatic heterocycles.